The number of nitrogens with zero attached hydrogens (tertiary/aromatic N) is 1. The third-order valence-corrected chi connectivity index (χ3v) is 6.07. The molecule has 1 aromatic rings. The number of hydrogen-bond donors (Lipinski definition) is 1. The number of likely N-dealkylation sites (tertiary alicyclic amines) is 1. The standard InChI is InChI=1S/C17H24Cl2N2/c18-14-6-5-13(11-15(14)19)12-16(20)17(7-1-2-8-17)21-9-3-4-10-21/h5-6,11,16H,1-4,7-10,12,20H2. The predicted molar refractivity (Wildman–Crippen MR) is 90.1 cm³/mol. The topological polar surface area (TPSA) is 29.3 Å². The van der Waals surface area contributed by atoms with Crippen LogP contribution in [0.15, 0.2) is 18.2 Å². The number of benzene rings is 1. The molecule has 0 amide bonds. The van der Waals surface area contributed by atoms with E-state index in [1.54, 1.807) is 0 Å². The van der Waals surface area contributed by atoms with Gasteiger partial charge in [-0.05, 0) is 62.9 Å². The lowest BCUT2D eigenvalue weighted by atomic mass is 9.83. The van der Waals surface area contributed by atoms with E-state index in [2.05, 4.69) is 11.0 Å². The van der Waals surface area contributed by atoms with Crippen LogP contribution in [0.3, 0.4) is 0 Å². The molecule has 2 nitrogen and oxygen atoms in total. The fraction of sp³-hybridized carbons (Fsp3) is 0.647. The molecule has 0 spiro atoms. The second-order valence-corrected chi connectivity index (χ2v) is 7.38. The van der Waals surface area contributed by atoms with Crippen LogP contribution in [-0.2, 0) is 6.42 Å². The first kappa shape index (κ1) is 15.6. The van der Waals surface area contributed by atoms with E-state index in [-0.39, 0.29) is 11.6 Å². The molecule has 0 bridgehead atoms. The molecule has 116 valence electrons. The first-order chi connectivity index (χ1) is 10.1. The van der Waals surface area contributed by atoms with E-state index in [0.717, 1.165) is 6.42 Å². The summed E-state index contributed by atoms with van der Waals surface area (Å²) in [4.78, 5) is 2.67. The van der Waals surface area contributed by atoms with Crippen LogP contribution in [0, 0.1) is 0 Å². The van der Waals surface area contributed by atoms with Crippen molar-refractivity contribution in [2.45, 2.75) is 56.5 Å². The molecule has 1 aliphatic carbocycles. The molecule has 1 saturated heterocycles. The Bertz CT molecular complexity index is 492. The van der Waals surface area contributed by atoms with Crippen molar-refractivity contribution in [2.75, 3.05) is 13.1 Å². The zero-order valence-corrected chi connectivity index (χ0v) is 14.0. The third-order valence-electron chi connectivity index (χ3n) is 5.34. The number of nitrogens with two attached hydrogens (primary N) is 1. The molecule has 0 aromatic heterocycles. The van der Waals surface area contributed by atoms with Crippen LogP contribution in [0.25, 0.3) is 0 Å². The van der Waals surface area contributed by atoms with E-state index in [4.69, 9.17) is 28.9 Å². The van der Waals surface area contributed by atoms with Crippen molar-refractivity contribution < 1.29 is 0 Å². The van der Waals surface area contributed by atoms with Crippen molar-refractivity contribution in [2.24, 2.45) is 5.73 Å². The smallest absolute Gasteiger partial charge is 0.0595 e. The van der Waals surface area contributed by atoms with Gasteiger partial charge in [-0.15, -0.1) is 0 Å². The molecule has 1 aliphatic heterocycles. The third kappa shape index (κ3) is 3.10. The fourth-order valence-electron chi connectivity index (χ4n) is 4.18. The van der Waals surface area contributed by atoms with E-state index in [1.807, 2.05) is 12.1 Å². The molecule has 4 heteroatoms. The molecule has 2 fully saturated rings. The summed E-state index contributed by atoms with van der Waals surface area (Å²) < 4.78 is 0. The Kier molecular flexibility index (Phi) is 4.80. The maximum absolute atomic E-state index is 6.70. The summed E-state index contributed by atoms with van der Waals surface area (Å²) in [6.07, 6.45) is 8.64. The molecule has 3 rings (SSSR count). The number of hydrogen-bond acceptors (Lipinski definition) is 2. The highest BCUT2D eigenvalue weighted by atomic mass is 35.5. The van der Waals surface area contributed by atoms with Gasteiger partial charge in [-0.25, -0.2) is 0 Å². The van der Waals surface area contributed by atoms with Gasteiger partial charge in [0.25, 0.3) is 0 Å². The van der Waals surface area contributed by atoms with E-state index < -0.39 is 0 Å². The van der Waals surface area contributed by atoms with Crippen LogP contribution in [0.1, 0.15) is 44.1 Å². The number of rotatable bonds is 4. The lowest BCUT2D eigenvalue weighted by Gasteiger charge is -2.43. The van der Waals surface area contributed by atoms with Crippen molar-refractivity contribution in [1.82, 2.24) is 4.90 Å². The predicted octanol–water partition coefficient (Wildman–Crippen LogP) is 4.27. The maximum Gasteiger partial charge on any atom is 0.0595 e. The zero-order valence-electron chi connectivity index (χ0n) is 12.5. The maximum atomic E-state index is 6.70. The van der Waals surface area contributed by atoms with Gasteiger partial charge in [0.05, 0.1) is 10.0 Å². The molecule has 1 unspecified atom stereocenters. The Balaban J connectivity index is 1.77. The van der Waals surface area contributed by atoms with Crippen LogP contribution in [0.4, 0.5) is 0 Å². The van der Waals surface area contributed by atoms with Crippen molar-refractivity contribution in [1.29, 1.82) is 0 Å². The average molecular weight is 327 g/mol. The fourth-order valence-corrected chi connectivity index (χ4v) is 4.50. The Hall–Kier alpha value is -0.280. The van der Waals surface area contributed by atoms with E-state index in [1.165, 1.54) is 57.2 Å². The van der Waals surface area contributed by atoms with Gasteiger partial charge < -0.3 is 5.73 Å². The van der Waals surface area contributed by atoms with Crippen LogP contribution in [0.2, 0.25) is 10.0 Å². The van der Waals surface area contributed by atoms with E-state index >= 15 is 0 Å². The molecule has 1 aromatic carbocycles. The van der Waals surface area contributed by atoms with Crippen molar-refractivity contribution >= 4 is 23.2 Å². The van der Waals surface area contributed by atoms with Crippen LogP contribution < -0.4 is 5.73 Å². The van der Waals surface area contributed by atoms with E-state index in [9.17, 15) is 0 Å². The first-order valence-corrected chi connectivity index (χ1v) is 8.82. The molecular weight excluding hydrogens is 303 g/mol. The summed E-state index contributed by atoms with van der Waals surface area (Å²) in [7, 11) is 0. The molecule has 0 radical (unpaired) electrons. The van der Waals surface area contributed by atoms with Crippen LogP contribution in [-0.4, -0.2) is 29.6 Å². The highest BCUT2D eigenvalue weighted by molar-refractivity contribution is 6.42. The summed E-state index contributed by atoms with van der Waals surface area (Å²) in [6, 6.07) is 6.08. The Morgan fingerprint density at radius 1 is 1.05 bits per heavy atom. The van der Waals surface area contributed by atoms with E-state index in [0.29, 0.717) is 10.0 Å². The van der Waals surface area contributed by atoms with Gasteiger partial charge in [0, 0.05) is 11.6 Å². The summed E-state index contributed by atoms with van der Waals surface area (Å²) in [6.45, 7) is 2.43. The lowest BCUT2D eigenvalue weighted by Crippen LogP contribution is -2.58. The molecular formula is C17H24Cl2N2. The lowest BCUT2D eigenvalue weighted by molar-refractivity contribution is 0.0921. The number of halogens is 2. The molecule has 21 heavy (non-hydrogen) atoms. The molecule has 1 atom stereocenters. The average Bonchev–Trinajstić information content (AvgIpc) is 3.13. The summed E-state index contributed by atoms with van der Waals surface area (Å²) in [5, 5.41) is 1.24. The van der Waals surface area contributed by atoms with Crippen molar-refractivity contribution in [3.05, 3.63) is 33.8 Å². The van der Waals surface area contributed by atoms with Gasteiger partial charge in [-0.1, -0.05) is 42.1 Å². The van der Waals surface area contributed by atoms with Gasteiger partial charge in [-0.3, -0.25) is 4.90 Å². The highest BCUT2D eigenvalue weighted by Crippen LogP contribution is 2.40. The summed E-state index contributed by atoms with van der Waals surface area (Å²) >= 11 is 12.1. The summed E-state index contributed by atoms with van der Waals surface area (Å²) in [5.41, 5.74) is 8.10. The van der Waals surface area contributed by atoms with Gasteiger partial charge in [0.2, 0.25) is 0 Å². The van der Waals surface area contributed by atoms with Crippen molar-refractivity contribution in [3.63, 3.8) is 0 Å². The minimum Gasteiger partial charge on any atom is -0.326 e. The Morgan fingerprint density at radius 2 is 1.71 bits per heavy atom. The molecule has 2 aliphatic rings. The molecule has 2 N–H and O–H groups in total. The highest BCUT2D eigenvalue weighted by Gasteiger charge is 2.44. The largest absolute Gasteiger partial charge is 0.326 e. The summed E-state index contributed by atoms with van der Waals surface area (Å²) in [5.74, 6) is 0. The Morgan fingerprint density at radius 3 is 2.33 bits per heavy atom. The second kappa shape index (κ2) is 6.45. The SMILES string of the molecule is NC(Cc1ccc(Cl)c(Cl)c1)C1(N2CCCC2)CCCC1. The monoisotopic (exact) mass is 326 g/mol. The Labute approximate surface area is 137 Å². The minimum atomic E-state index is 0.176. The normalized spacial score (nSPS) is 23.6. The zero-order chi connectivity index (χ0) is 14.9. The molecule has 1 heterocycles. The van der Waals surface area contributed by atoms with Crippen LogP contribution in [0.5, 0.6) is 0 Å². The quantitative estimate of drug-likeness (QED) is 0.895. The van der Waals surface area contributed by atoms with Gasteiger partial charge >= 0.3 is 0 Å². The van der Waals surface area contributed by atoms with Gasteiger partial charge in [0.1, 0.15) is 0 Å². The minimum absolute atomic E-state index is 0.176. The van der Waals surface area contributed by atoms with Crippen molar-refractivity contribution in [3.8, 4) is 0 Å². The second-order valence-electron chi connectivity index (χ2n) is 6.56. The first-order valence-electron chi connectivity index (χ1n) is 8.06. The molecule has 1 saturated carbocycles. The van der Waals surface area contributed by atoms with Gasteiger partial charge in [0.15, 0.2) is 0 Å². The van der Waals surface area contributed by atoms with Crippen LogP contribution >= 0.6 is 23.2 Å². The van der Waals surface area contributed by atoms with Gasteiger partial charge in [-0.2, -0.15) is 0 Å².